The van der Waals surface area contributed by atoms with E-state index in [9.17, 15) is 0 Å². The Hall–Kier alpha value is -5.12. The molecule has 0 aliphatic carbocycles. The molecule has 0 unspecified atom stereocenters. The molecule has 0 radical (unpaired) electrons. The van der Waals surface area contributed by atoms with Crippen LogP contribution < -0.4 is 14.5 Å². The van der Waals surface area contributed by atoms with Crippen LogP contribution in [0.3, 0.4) is 0 Å². The van der Waals surface area contributed by atoms with Gasteiger partial charge in [0.25, 0.3) is 0 Å². The van der Waals surface area contributed by atoms with Crippen molar-refractivity contribution in [2.45, 2.75) is 97.8 Å². The number of para-hydroxylation sites is 1. The fourth-order valence-corrected chi connectivity index (χ4v) is 7.85. The quantitative estimate of drug-likeness (QED) is 0.149. The molecule has 0 saturated heterocycles. The van der Waals surface area contributed by atoms with E-state index in [1.54, 1.807) is 0 Å². The molecule has 3 heterocycles. The van der Waals surface area contributed by atoms with Gasteiger partial charge in [-0.15, -0.1) is 53.8 Å². The third-order valence-electron chi connectivity index (χ3n) is 11.5. The Bertz CT molecular complexity index is 2670. The van der Waals surface area contributed by atoms with Crippen LogP contribution in [0.2, 0.25) is 0 Å². The normalized spacial score (nSPS) is 13.7. The molecule has 0 fully saturated rings. The molecule has 59 heavy (non-hydrogen) atoms. The molecule has 306 valence electrons. The number of aromatic nitrogens is 2. The maximum atomic E-state index is 7.00. The van der Waals surface area contributed by atoms with Crippen LogP contribution in [-0.2, 0) is 42.7 Å². The molecule has 0 saturated carbocycles. The molecule has 0 atom stereocenters. The molecule has 1 aliphatic rings. The molecule has 0 bridgehead atoms. The van der Waals surface area contributed by atoms with Gasteiger partial charge in [0.05, 0.1) is 0 Å². The van der Waals surface area contributed by atoms with Gasteiger partial charge in [-0.1, -0.05) is 148 Å². The molecule has 7 aromatic rings. The molecule has 6 heteroatoms. The van der Waals surface area contributed by atoms with E-state index in [1.807, 2.05) is 6.20 Å². The van der Waals surface area contributed by atoms with Crippen LogP contribution in [0.4, 0.5) is 11.4 Å². The Morgan fingerprint density at radius 3 is 1.92 bits per heavy atom. The molecule has 1 aliphatic heterocycles. The molecular formula is C53H55N4OPt-3. The van der Waals surface area contributed by atoms with Crippen molar-refractivity contribution < 1.29 is 25.8 Å². The van der Waals surface area contributed by atoms with E-state index in [4.69, 9.17) is 9.72 Å². The minimum Gasteiger partial charge on any atom is -0.509 e. The first-order valence-corrected chi connectivity index (χ1v) is 20.4. The summed E-state index contributed by atoms with van der Waals surface area (Å²) in [6.45, 7) is 26.9. The average molecular weight is 959 g/mol. The van der Waals surface area contributed by atoms with Crippen molar-refractivity contribution in [1.29, 1.82) is 0 Å². The summed E-state index contributed by atoms with van der Waals surface area (Å²) in [5.41, 5.74) is 9.53. The van der Waals surface area contributed by atoms with Gasteiger partial charge >= 0.3 is 0 Å². The number of hydrogen-bond donors (Lipinski definition) is 0. The molecule has 8 rings (SSSR count). The SMILES string of the molecule is CC(C)(C)c1cc(Oc2[c-]c3c(c(C(C)(C)c4ccccc4)c2)c2ccccc2n3-c2cc(C(C)(C)C)ccn2)[c-]c(N2C=CN(c3cccc(C(C)(C)C)c3)[CH-]2)c1.[Pt]. The summed E-state index contributed by atoms with van der Waals surface area (Å²) < 4.78 is 9.26. The second-order valence-corrected chi connectivity index (χ2v) is 19.3. The Kier molecular flexibility index (Phi) is 11.0. The summed E-state index contributed by atoms with van der Waals surface area (Å²) in [5.74, 6) is 2.11. The van der Waals surface area contributed by atoms with Crippen molar-refractivity contribution in [2.24, 2.45) is 0 Å². The predicted octanol–water partition coefficient (Wildman–Crippen LogP) is 13.7. The maximum absolute atomic E-state index is 7.00. The van der Waals surface area contributed by atoms with Crippen molar-refractivity contribution >= 4 is 33.2 Å². The monoisotopic (exact) mass is 958 g/mol. The Morgan fingerprint density at radius 1 is 0.576 bits per heavy atom. The zero-order valence-corrected chi connectivity index (χ0v) is 38.5. The Morgan fingerprint density at radius 2 is 1.20 bits per heavy atom. The van der Waals surface area contributed by atoms with Crippen LogP contribution in [0, 0.1) is 18.8 Å². The largest absolute Gasteiger partial charge is 0.509 e. The summed E-state index contributed by atoms with van der Waals surface area (Å²) in [7, 11) is 0. The van der Waals surface area contributed by atoms with Crippen molar-refractivity contribution in [3.05, 3.63) is 174 Å². The zero-order chi connectivity index (χ0) is 41.2. The first kappa shape index (κ1) is 42.0. The van der Waals surface area contributed by atoms with Gasteiger partial charge in [-0.3, -0.25) is 0 Å². The summed E-state index contributed by atoms with van der Waals surface area (Å²) >= 11 is 0. The van der Waals surface area contributed by atoms with Gasteiger partial charge < -0.3 is 19.1 Å². The van der Waals surface area contributed by atoms with Crippen molar-refractivity contribution in [2.75, 3.05) is 9.80 Å². The summed E-state index contributed by atoms with van der Waals surface area (Å²) in [4.78, 5) is 9.26. The van der Waals surface area contributed by atoms with Gasteiger partial charge in [-0.2, -0.15) is 0 Å². The molecule has 0 spiro atoms. The van der Waals surface area contributed by atoms with Gasteiger partial charge in [0.15, 0.2) is 0 Å². The number of fused-ring (bicyclic) bond motifs is 3. The topological polar surface area (TPSA) is 33.5 Å². The van der Waals surface area contributed by atoms with Gasteiger partial charge in [0.1, 0.15) is 5.82 Å². The van der Waals surface area contributed by atoms with Crippen LogP contribution in [0.25, 0.3) is 27.6 Å². The van der Waals surface area contributed by atoms with E-state index >= 15 is 0 Å². The number of hydrogen-bond acceptors (Lipinski definition) is 4. The Labute approximate surface area is 366 Å². The first-order chi connectivity index (χ1) is 27.4. The predicted molar refractivity (Wildman–Crippen MR) is 242 cm³/mol. The van der Waals surface area contributed by atoms with Crippen molar-refractivity contribution in [3.8, 4) is 17.3 Å². The summed E-state index contributed by atoms with van der Waals surface area (Å²) in [6.07, 6.45) is 6.11. The number of rotatable bonds is 7. The molecule has 0 amide bonds. The molecule has 5 nitrogen and oxygen atoms in total. The minimum atomic E-state index is -0.381. The second kappa shape index (κ2) is 15.5. The van der Waals surface area contributed by atoms with E-state index in [2.05, 4.69) is 231 Å². The first-order valence-electron chi connectivity index (χ1n) is 20.4. The number of ether oxygens (including phenoxy) is 1. The summed E-state index contributed by atoms with van der Waals surface area (Å²) in [5, 5.41) is 2.29. The van der Waals surface area contributed by atoms with Gasteiger partial charge in [0, 0.05) is 50.0 Å². The van der Waals surface area contributed by atoms with Crippen molar-refractivity contribution in [1.82, 2.24) is 9.55 Å². The summed E-state index contributed by atoms with van der Waals surface area (Å²) in [6, 6.07) is 46.4. The number of anilines is 2. The average Bonchev–Trinajstić information content (AvgIpc) is 3.81. The molecular weight excluding hydrogens is 904 g/mol. The van der Waals surface area contributed by atoms with Crippen LogP contribution in [0.1, 0.15) is 104 Å². The van der Waals surface area contributed by atoms with E-state index in [-0.39, 0.29) is 42.7 Å². The third-order valence-corrected chi connectivity index (χ3v) is 11.5. The second-order valence-electron chi connectivity index (χ2n) is 19.3. The van der Waals surface area contributed by atoms with E-state index in [0.29, 0.717) is 11.5 Å². The number of pyridine rings is 1. The minimum absolute atomic E-state index is 0. The van der Waals surface area contributed by atoms with Crippen LogP contribution in [-0.4, -0.2) is 9.55 Å². The van der Waals surface area contributed by atoms with E-state index in [1.165, 1.54) is 16.7 Å². The van der Waals surface area contributed by atoms with Crippen LogP contribution >= 0.6 is 0 Å². The fraction of sp³-hybridized carbons (Fsp3) is 0.283. The van der Waals surface area contributed by atoms with Gasteiger partial charge in [0.2, 0.25) is 0 Å². The third kappa shape index (κ3) is 8.24. The zero-order valence-electron chi connectivity index (χ0n) is 36.2. The number of benzene rings is 5. The standard InChI is InChI=1S/C53H55N4O.Pt/c1-50(2,3)37-20-17-21-40(28-37)55-26-27-56(35-55)41-29-39(52(7,8)9)30-42(32-41)58-43-33-45(53(10,11)36-18-13-12-14-19-36)49-44-22-15-16-23-46(44)57(47(49)34-43)48-31-38(24-25-54-48)51(4,5)6;/h12-31,33,35H,1-11H3;/q-3;. The van der Waals surface area contributed by atoms with E-state index < -0.39 is 0 Å². The van der Waals surface area contributed by atoms with Crippen molar-refractivity contribution in [3.63, 3.8) is 0 Å². The van der Waals surface area contributed by atoms with Gasteiger partial charge in [-0.05, 0) is 86.5 Å². The van der Waals surface area contributed by atoms with Gasteiger partial charge in [-0.25, -0.2) is 4.98 Å². The Balaban J connectivity index is 0.00000528. The molecule has 2 aromatic heterocycles. The number of nitrogens with zero attached hydrogens (tertiary/aromatic N) is 4. The smallest absolute Gasteiger partial charge is 0.135 e. The fourth-order valence-electron chi connectivity index (χ4n) is 7.85. The van der Waals surface area contributed by atoms with Crippen LogP contribution in [0.15, 0.2) is 128 Å². The van der Waals surface area contributed by atoms with E-state index in [0.717, 1.165) is 50.1 Å². The maximum Gasteiger partial charge on any atom is 0.135 e. The van der Waals surface area contributed by atoms with Crippen LogP contribution in [0.5, 0.6) is 11.5 Å². The molecule has 5 aromatic carbocycles. The molecule has 0 N–H and O–H groups in total.